The number of nitrogens with zero attached hydrogens (tertiary/aromatic N) is 4. The molecule has 4 nitrogen and oxygen atoms in total. The van der Waals surface area contributed by atoms with Crippen molar-refractivity contribution in [2.45, 2.75) is 114 Å². The molecule has 0 amide bonds. The molecule has 3 aromatic rings. The normalized spacial score (nSPS) is 30.2. The van der Waals surface area contributed by atoms with Crippen LogP contribution in [0.2, 0.25) is 0 Å². The first-order chi connectivity index (χ1) is 34.9. The summed E-state index contributed by atoms with van der Waals surface area (Å²) in [5.41, 5.74) is 16.1. The zero-order valence-corrected chi connectivity index (χ0v) is 42.7. The highest BCUT2D eigenvalue weighted by molar-refractivity contribution is 8.04. The van der Waals surface area contributed by atoms with Crippen LogP contribution in [0.5, 0.6) is 0 Å². The van der Waals surface area contributed by atoms with Gasteiger partial charge in [0.1, 0.15) is 0 Å². The lowest BCUT2D eigenvalue weighted by Crippen LogP contribution is -2.47. The van der Waals surface area contributed by atoms with Crippen LogP contribution >= 0.6 is 11.8 Å². The molecule has 7 aliphatic carbocycles. The molecule has 0 radical (unpaired) electrons. The third-order valence-electron chi connectivity index (χ3n) is 17.3. The number of anilines is 1. The summed E-state index contributed by atoms with van der Waals surface area (Å²) in [5, 5.41) is 0.565. The number of benzene rings is 2. The molecule has 0 N–H and O–H groups in total. The lowest BCUT2D eigenvalue weighted by molar-refractivity contribution is 0.340. The van der Waals surface area contributed by atoms with Crippen molar-refractivity contribution in [3.63, 3.8) is 0 Å². The Morgan fingerprint density at radius 2 is 1.62 bits per heavy atom. The first-order valence-corrected chi connectivity index (χ1v) is 27.7. The van der Waals surface area contributed by atoms with Crippen molar-refractivity contribution in [2.75, 3.05) is 4.90 Å². The first kappa shape index (κ1) is 46.1. The third kappa shape index (κ3) is 8.70. The number of hydrogen-bond acceptors (Lipinski definition) is 4. The van der Waals surface area contributed by atoms with Gasteiger partial charge in [-0.1, -0.05) is 159 Å². The number of aliphatic imine (C=N–C) groups is 2. The highest BCUT2D eigenvalue weighted by Gasteiger charge is 2.54. The van der Waals surface area contributed by atoms with Crippen molar-refractivity contribution in [3.05, 3.63) is 231 Å². The van der Waals surface area contributed by atoms with E-state index in [1.807, 2.05) is 0 Å². The number of fused-ring (bicyclic) bond motifs is 4. The molecule has 9 atom stereocenters. The van der Waals surface area contributed by atoms with Crippen LogP contribution in [0.3, 0.4) is 0 Å². The van der Waals surface area contributed by atoms with Gasteiger partial charge in [-0.3, -0.25) is 9.98 Å². The van der Waals surface area contributed by atoms with E-state index in [0.717, 1.165) is 87.0 Å². The summed E-state index contributed by atoms with van der Waals surface area (Å²) in [6, 6.07) is 24.6. The number of amidine groups is 1. The fraction of sp³-hybridized carbons (Fsp3) is 0.348. The largest absolute Gasteiger partial charge is 0.338 e. The Bertz CT molecular complexity index is 3020. The number of thioether (sulfide) groups is 1. The molecule has 2 aromatic carbocycles. The van der Waals surface area contributed by atoms with Crippen molar-refractivity contribution in [2.24, 2.45) is 39.6 Å². The topological polar surface area (TPSA) is 40.9 Å². The molecule has 358 valence electrons. The average Bonchev–Trinajstić information content (AvgIpc) is 3.92. The highest BCUT2D eigenvalue weighted by Crippen LogP contribution is 2.61. The number of para-hydroxylation sites is 1. The number of rotatable bonds is 10. The zero-order chi connectivity index (χ0) is 47.9. The second-order valence-electron chi connectivity index (χ2n) is 21.5. The minimum Gasteiger partial charge on any atom is -0.338 e. The molecule has 3 heterocycles. The van der Waals surface area contributed by atoms with E-state index in [2.05, 4.69) is 214 Å². The summed E-state index contributed by atoms with van der Waals surface area (Å²) in [6.07, 6.45) is 53.6. The molecule has 1 aromatic heterocycles. The Labute approximate surface area is 427 Å². The first-order valence-electron chi connectivity index (χ1n) is 26.9. The van der Waals surface area contributed by atoms with Gasteiger partial charge in [0.2, 0.25) is 0 Å². The van der Waals surface area contributed by atoms with Crippen LogP contribution in [0.15, 0.2) is 219 Å². The molecule has 0 saturated carbocycles. The molecular weight excluding hydrogens is 881 g/mol. The lowest BCUT2D eigenvalue weighted by Gasteiger charge is -2.44. The molecule has 9 unspecified atom stereocenters. The minimum absolute atomic E-state index is 0.0471. The molecule has 0 fully saturated rings. The summed E-state index contributed by atoms with van der Waals surface area (Å²) in [7, 11) is 0. The van der Waals surface area contributed by atoms with Gasteiger partial charge in [-0.2, -0.15) is 0 Å². The van der Waals surface area contributed by atoms with E-state index < -0.39 is 0 Å². The summed E-state index contributed by atoms with van der Waals surface area (Å²) in [6.45, 7) is 6.99. The molecule has 0 bridgehead atoms. The van der Waals surface area contributed by atoms with Gasteiger partial charge in [0.15, 0.2) is 5.84 Å². The van der Waals surface area contributed by atoms with Crippen LogP contribution in [0, 0.1) is 29.6 Å². The average molecular weight is 949 g/mol. The van der Waals surface area contributed by atoms with Gasteiger partial charge in [0, 0.05) is 57.8 Å². The Balaban J connectivity index is 0.967. The standard InChI is InChI=1S/C66H68N4S/c1-4-59(48-29-16-8-17-30-48)69-65(68-44(2)45-23-10-5-11-24-45)57-39-50(63-52(46-25-12-6-13-26-46)33-22-34-53(63)47-27-14-7-15-28-47)43-67-64(57)49-36-37-54-55-41-60-56(42-62(55)71-61(54)40-49)58-35-20-21-38-66(58,3)70(60)51-31-18-9-19-32-51/h5-10,12-23,25,27,29-33,36-37,39,43,46-47,49,53,55,58-59,62H,4,11,24,26,28,34-35,38,40-42H2,1-3H3. The number of hydrogen-bond donors (Lipinski definition) is 0. The van der Waals surface area contributed by atoms with E-state index in [-0.39, 0.29) is 17.5 Å². The second kappa shape index (κ2) is 19.9. The van der Waals surface area contributed by atoms with Crippen LogP contribution in [-0.4, -0.2) is 27.3 Å². The van der Waals surface area contributed by atoms with Crippen LogP contribution in [0.1, 0.15) is 126 Å². The Morgan fingerprint density at radius 1 is 0.789 bits per heavy atom. The molecular formula is C66H68N4S. The van der Waals surface area contributed by atoms with Crippen molar-refractivity contribution < 1.29 is 0 Å². The van der Waals surface area contributed by atoms with Crippen LogP contribution in [-0.2, 0) is 0 Å². The quantitative estimate of drug-likeness (QED) is 0.116. The second-order valence-corrected chi connectivity index (χ2v) is 22.8. The zero-order valence-electron chi connectivity index (χ0n) is 41.8. The highest BCUT2D eigenvalue weighted by atomic mass is 32.2. The van der Waals surface area contributed by atoms with Crippen LogP contribution in [0.25, 0.3) is 5.57 Å². The number of allylic oxidation sites excluding steroid dienone is 22. The Hall–Kier alpha value is -6.04. The maximum absolute atomic E-state index is 5.77. The van der Waals surface area contributed by atoms with E-state index in [1.54, 1.807) is 21.7 Å². The molecule has 0 saturated heterocycles. The smallest absolute Gasteiger partial charge is 0.157 e. The summed E-state index contributed by atoms with van der Waals surface area (Å²) in [4.78, 5) is 21.5. The summed E-state index contributed by atoms with van der Waals surface area (Å²) in [5.74, 6) is 3.04. The molecule has 12 rings (SSSR count). The van der Waals surface area contributed by atoms with Gasteiger partial charge in [-0.25, -0.2) is 4.99 Å². The van der Waals surface area contributed by atoms with Gasteiger partial charge in [-0.05, 0) is 158 Å². The van der Waals surface area contributed by atoms with E-state index >= 15 is 0 Å². The fourth-order valence-corrected chi connectivity index (χ4v) is 15.4. The molecule has 2 aliphatic heterocycles. The summed E-state index contributed by atoms with van der Waals surface area (Å²) >= 11 is 2.19. The predicted molar refractivity (Wildman–Crippen MR) is 301 cm³/mol. The van der Waals surface area contributed by atoms with E-state index in [0.29, 0.717) is 34.8 Å². The van der Waals surface area contributed by atoms with Gasteiger partial charge in [0.25, 0.3) is 0 Å². The van der Waals surface area contributed by atoms with Crippen molar-refractivity contribution >= 4 is 34.6 Å². The van der Waals surface area contributed by atoms with E-state index in [9.17, 15) is 0 Å². The van der Waals surface area contributed by atoms with Gasteiger partial charge in [-0.15, -0.1) is 11.8 Å². The maximum atomic E-state index is 5.77. The number of pyridine rings is 1. The SMILES string of the molecule is CCC(N=C(N=C(C)C1=CC=CCC1)c1cc(C2=C(C3C=CC=CC3)C=CCC2C2C=CC=CC2)cnc1C1C=CC2=C(C1)SC1CC3=C(CC21)N(c1ccccc1)C1(C)CC=CCC31)c1ccccc1. The fourth-order valence-electron chi connectivity index (χ4n) is 13.7. The molecule has 71 heavy (non-hydrogen) atoms. The van der Waals surface area contributed by atoms with Gasteiger partial charge >= 0.3 is 0 Å². The van der Waals surface area contributed by atoms with Crippen molar-refractivity contribution in [1.82, 2.24) is 4.98 Å². The van der Waals surface area contributed by atoms with E-state index in [4.69, 9.17) is 15.0 Å². The predicted octanol–water partition coefficient (Wildman–Crippen LogP) is 16.6. The van der Waals surface area contributed by atoms with E-state index in [1.165, 1.54) is 40.0 Å². The molecule has 0 spiro atoms. The molecule has 5 heteroatoms. The minimum atomic E-state index is -0.0471. The van der Waals surface area contributed by atoms with Crippen molar-refractivity contribution in [1.29, 1.82) is 0 Å². The Kier molecular flexibility index (Phi) is 12.9. The maximum Gasteiger partial charge on any atom is 0.157 e. The third-order valence-corrected chi connectivity index (χ3v) is 18.8. The monoisotopic (exact) mass is 949 g/mol. The van der Waals surface area contributed by atoms with Gasteiger partial charge < -0.3 is 4.90 Å². The Morgan fingerprint density at radius 3 is 2.39 bits per heavy atom. The van der Waals surface area contributed by atoms with Crippen LogP contribution < -0.4 is 4.90 Å². The lowest BCUT2D eigenvalue weighted by atomic mass is 9.70. The van der Waals surface area contributed by atoms with Crippen LogP contribution in [0.4, 0.5) is 5.69 Å². The summed E-state index contributed by atoms with van der Waals surface area (Å²) < 4.78 is 0. The molecule has 9 aliphatic rings. The van der Waals surface area contributed by atoms with Gasteiger partial charge in [0.05, 0.1) is 17.3 Å². The number of aromatic nitrogens is 1. The van der Waals surface area contributed by atoms with Crippen molar-refractivity contribution in [3.8, 4) is 0 Å².